The smallest absolute Gasteiger partial charge is 0.320 e. The fraction of sp³-hybridized carbons (Fsp3) is 0.429. The minimum absolute atomic E-state index is 0.187. The third-order valence-electron chi connectivity index (χ3n) is 4.56. The summed E-state index contributed by atoms with van der Waals surface area (Å²) in [4.78, 5) is 16.2. The van der Waals surface area contributed by atoms with Gasteiger partial charge in [0.2, 0.25) is 0 Å². The highest BCUT2D eigenvalue weighted by molar-refractivity contribution is 5.88. The Labute approximate surface area is 155 Å². The molecule has 3 rings (SSSR count). The summed E-state index contributed by atoms with van der Waals surface area (Å²) < 4.78 is 0. The molecule has 0 aliphatic heterocycles. The van der Waals surface area contributed by atoms with Gasteiger partial charge in [-0.2, -0.15) is 0 Å². The maximum atomic E-state index is 11.8. The molecular weight excluding hydrogens is 324 g/mol. The fourth-order valence-corrected chi connectivity index (χ4v) is 2.95. The van der Waals surface area contributed by atoms with Gasteiger partial charge in [-0.25, -0.2) is 9.78 Å². The third kappa shape index (κ3) is 4.54. The highest BCUT2D eigenvalue weighted by Gasteiger charge is 2.23. The molecule has 1 aliphatic carbocycles. The molecule has 138 valence electrons. The van der Waals surface area contributed by atoms with Crippen molar-refractivity contribution in [2.75, 3.05) is 10.6 Å². The van der Waals surface area contributed by atoms with E-state index in [4.69, 9.17) is 0 Å². The molecule has 0 unspecified atom stereocenters. The van der Waals surface area contributed by atoms with E-state index >= 15 is 0 Å². The molecule has 1 heterocycles. The quantitative estimate of drug-likeness (QED) is 0.656. The van der Waals surface area contributed by atoms with Gasteiger partial charge in [-0.05, 0) is 47.9 Å². The molecular formula is C21H28N4O. The van der Waals surface area contributed by atoms with E-state index in [1.165, 1.54) is 11.1 Å². The van der Waals surface area contributed by atoms with E-state index in [1.807, 2.05) is 12.1 Å². The van der Waals surface area contributed by atoms with Crippen molar-refractivity contribution >= 4 is 23.2 Å². The first-order chi connectivity index (χ1) is 12.4. The number of hydrogen-bond donors (Lipinski definition) is 3. The first-order valence-electron chi connectivity index (χ1n) is 9.37. The number of hydrogen-bond acceptors (Lipinski definition) is 3. The van der Waals surface area contributed by atoms with Crippen LogP contribution in [0.15, 0.2) is 36.5 Å². The van der Waals surface area contributed by atoms with E-state index in [2.05, 4.69) is 66.8 Å². The normalized spacial score (nSPS) is 13.8. The lowest BCUT2D eigenvalue weighted by molar-refractivity contribution is 0.251. The number of rotatable bonds is 6. The van der Waals surface area contributed by atoms with Crippen LogP contribution in [0.3, 0.4) is 0 Å². The first kappa shape index (κ1) is 18.2. The van der Waals surface area contributed by atoms with Crippen molar-refractivity contribution in [3.63, 3.8) is 0 Å². The van der Waals surface area contributed by atoms with Gasteiger partial charge < -0.3 is 10.6 Å². The highest BCUT2D eigenvalue weighted by atomic mass is 16.2. The Hall–Kier alpha value is -2.56. The number of carbonyl (C=O) groups excluding carboxylic acids is 1. The number of anilines is 3. The molecule has 1 saturated carbocycles. The Morgan fingerprint density at radius 3 is 2.19 bits per heavy atom. The van der Waals surface area contributed by atoms with E-state index in [-0.39, 0.29) is 6.03 Å². The van der Waals surface area contributed by atoms with Crippen LogP contribution >= 0.6 is 0 Å². The summed E-state index contributed by atoms with van der Waals surface area (Å²) >= 11 is 0. The second-order valence-electron chi connectivity index (χ2n) is 7.55. The lowest BCUT2D eigenvalue weighted by Crippen LogP contribution is -2.30. The van der Waals surface area contributed by atoms with E-state index in [9.17, 15) is 4.79 Å². The number of urea groups is 1. The molecule has 1 aliphatic rings. The molecule has 3 N–H and O–H groups in total. The van der Waals surface area contributed by atoms with Crippen LogP contribution in [-0.2, 0) is 0 Å². The summed E-state index contributed by atoms with van der Waals surface area (Å²) in [6.07, 6.45) is 3.89. The number of benzene rings is 1. The number of aromatic nitrogens is 1. The van der Waals surface area contributed by atoms with Crippen molar-refractivity contribution in [2.24, 2.45) is 0 Å². The van der Waals surface area contributed by atoms with Crippen LogP contribution in [0.5, 0.6) is 0 Å². The van der Waals surface area contributed by atoms with Crippen LogP contribution in [0, 0.1) is 0 Å². The van der Waals surface area contributed by atoms with Crippen molar-refractivity contribution < 1.29 is 4.79 Å². The van der Waals surface area contributed by atoms with Crippen LogP contribution in [0.2, 0.25) is 0 Å². The monoisotopic (exact) mass is 352 g/mol. The van der Waals surface area contributed by atoms with Crippen LogP contribution < -0.4 is 16.0 Å². The lowest BCUT2D eigenvalue weighted by Gasteiger charge is -2.21. The van der Waals surface area contributed by atoms with Crippen molar-refractivity contribution in [1.29, 1.82) is 0 Å². The molecule has 0 spiro atoms. The SMILES string of the molecule is CC(C)c1cccc(C(C)C)c1Nc1ccc(NC(=O)NC2CC2)nc1. The van der Waals surface area contributed by atoms with Crippen LogP contribution in [0.25, 0.3) is 0 Å². The number of nitrogens with zero attached hydrogens (tertiary/aromatic N) is 1. The van der Waals surface area contributed by atoms with Gasteiger partial charge in [0.1, 0.15) is 5.82 Å². The predicted molar refractivity (Wildman–Crippen MR) is 107 cm³/mol. The van der Waals surface area contributed by atoms with E-state index < -0.39 is 0 Å². The Morgan fingerprint density at radius 2 is 1.69 bits per heavy atom. The highest BCUT2D eigenvalue weighted by Crippen LogP contribution is 2.34. The number of pyridine rings is 1. The molecule has 26 heavy (non-hydrogen) atoms. The van der Waals surface area contributed by atoms with E-state index in [0.29, 0.717) is 23.7 Å². The summed E-state index contributed by atoms with van der Waals surface area (Å²) in [5, 5.41) is 9.20. The molecule has 5 heteroatoms. The van der Waals surface area contributed by atoms with Crippen LogP contribution in [0.4, 0.5) is 22.0 Å². The van der Waals surface area contributed by atoms with Gasteiger partial charge in [0.05, 0.1) is 11.9 Å². The van der Waals surface area contributed by atoms with Gasteiger partial charge >= 0.3 is 6.03 Å². The molecule has 0 bridgehead atoms. The van der Waals surface area contributed by atoms with Gasteiger partial charge in [0.15, 0.2) is 0 Å². The zero-order valence-electron chi connectivity index (χ0n) is 16.0. The summed E-state index contributed by atoms with van der Waals surface area (Å²) in [5.74, 6) is 1.40. The fourth-order valence-electron chi connectivity index (χ4n) is 2.95. The minimum Gasteiger partial charge on any atom is -0.354 e. The van der Waals surface area contributed by atoms with E-state index in [0.717, 1.165) is 24.2 Å². The predicted octanol–water partition coefficient (Wildman–Crippen LogP) is 5.36. The second-order valence-corrected chi connectivity index (χ2v) is 7.55. The Balaban J connectivity index is 1.75. The van der Waals surface area contributed by atoms with Crippen molar-refractivity contribution in [3.8, 4) is 0 Å². The standard InChI is InChI=1S/C21H28N4O/c1-13(2)17-6-5-7-18(14(3)4)20(17)23-16-10-11-19(22-12-16)25-21(26)24-15-8-9-15/h5-7,10-15,23H,8-9H2,1-4H3,(H2,22,24,25,26). The molecule has 1 aromatic carbocycles. The Bertz CT molecular complexity index is 738. The maximum Gasteiger partial charge on any atom is 0.320 e. The Morgan fingerprint density at radius 1 is 1.04 bits per heavy atom. The number of nitrogens with one attached hydrogen (secondary N) is 3. The summed E-state index contributed by atoms with van der Waals surface area (Å²) in [6, 6.07) is 10.4. The molecule has 1 aromatic heterocycles. The average molecular weight is 352 g/mol. The second kappa shape index (κ2) is 7.77. The molecule has 0 saturated heterocycles. The third-order valence-corrected chi connectivity index (χ3v) is 4.56. The molecule has 0 atom stereocenters. The summed E-state index contributed by atoms with van der Waals surface area (Å²) in [5.41, 5.74) is 4.66. The molecule has 5 nitrogen and oxygen atoms in total. The zero-order chi connectivity index (χ0) is 18.7. The van der Waals surface area contributed by atoms with Gasteiger partial charge in [-0.1, -0.05) is 45.9 Å². The van der Waals surface area contributed by atoms with Crippen LogP contribution in [0.1, 0.15) is 63.5 Å². The van der Waals surface area contributed by atoms with Gasteiger partial charge in [0, 0.05) is 11.7 Å². The molecule has 2 amide bonds. The summed E-state index contributed by atoms with van der Waals surface area (Å²) in [6.45, 7) is 8.81. The minimum atomic E-state index is -0.187. The van der Waals surface area contributed by atoms with Crippen molar-refractivity contribution in [3.05, 3.63) is 47.7 Å². The zero-order valence-corrected chi connectivity index (χ0v) is 16.0. The largest absolute Gasteiger partial charge is 0.354 e. The topological polar surface area (TPSA) is 66.0 Å². The lowest BCUT2D eigenvalue weighted by atomic mass is 9.92. The number of carbonyl (C=O) groups is 1. The number of para-hydroxylation sites is 1. The van der Waals surface area contributed by atoms with Crippen LogP contribution in [-0.4, -0.2) is 17.1 Å². The van der Waals surface area contributed by atoms with Gasteiger partial charge in [-0.3, -0.25) is 5.32 Å². The first-order valence-corrected chi connectivity index (χ1v) is 9.37. The maximum absolute atomic E-state index is 11.8. The number of amides is 2. The van der Waals surface area contributed by atoms with Gasteiger partial charge in [-0.15, -0.1) is 0 Å². The van der Waals surface area contributed by atoms with Crippen molar-refractivity contribution in [1.82, 2.24) is 10.3 Å². The molecule has 2 aromatic rings. The Kier molecular flexibility index (Phi) is 5.45. The van der Waals surface area contributed by atoms with E-state index in [1.54, 1.807) is 6.20 Å². The summed E-state index contributed by atoms with van der Waals surface area (Å²) in [7, 11) is 0. The van der Waals surface area contributed by atoms with Gasteiger partial charge in [0.25, 0.3) is 0 Å². The molecule has 0 radical (unpaired) electrons. The van der Waals surface area contributed by atoms with Crippen molar-refractivity contribution in [2.45, 2.75) is 58.4 Å². The molecule has 1 fully saturated rings. The average Bonchev–Trinajstić information content (AvgIpc) is 3.40.